The van der Waals surface area contributed by atoms with E-state index in [1.165, 1.54) is 0 Å². The van der Waals surface area contributed by atoms with Crippen molar-refractivity contribution >= 4 is 0 Å². The maximum atomic E-state index is 8.46. The summed E-state index contributed by atoms with van der Waals surface area (Å²) in [6, 6.07) is 3.16. The minimum absolute atomic E-state index is 0.376. The average Bonchev–Trinajstić information content (AvgIpc) is 1.98. The summed E-state index contributed by atoms with van der Waals surface area (Å²) in [6.45, 7) is 4.19. The maximum absolute atomic E-state index is 8.46. The summed E-state index contributed by atoms with van der Waals surface area (Å²) >= 11 is 0. The average molecular weight is 153 g/mol. The topological polar surface area (TPSA) is 39.1 Å². The largest absolute Gasteiger partial charge is 0.310 e. The minimum atomic E-state index is 0.376. The van der Waals surface area contributed by atoms with E-state index in [1.807, 2.05) is 0 Å². The Labute approximate surface area is 68.0 Å². The van der Waals surface area contributed by atoms with Crippen molar-refractivity contribution in [3.8, 4) is 6.07 Å². The van der Waals surface area contributed by atoms with Gasteiger partial charge in [-0.3, -0.25) is 0 Å². The lowest BCUT2D eigenvalue weighted by Crippen LogP contribution is -2.53. The molecule has 3 nitrogen and oxygen atoms in total. The molecule has 0 amide bonds. The Morgan fingerprint density at radius 3 is 3.00 bits per heavy atom. The van der Waals surface area contributed by atoms with E-state index < -0.39 is 0 Å². The Balaban J connectivity index is 2.35. The number of nitrogens with zero attached hydrogens (tertiary/aromatic N) is 2. The first-order valence-corrected chi connectivity index (χ1v) is 4.04. The number of hydrogen-bond acceptors (Lipinski definition) is 3. The zero-order valence-corrected chi connectivity index (χ0v) is 7.17. The molecule has 1 aliphatic rings. The molecule has 1 rings (SSSR count). The molecule has 0 spiro atoms. The molecule has 3 heteroatoms. The molecule has 1 N–H and O–H groups in total. The van der Waals surface area contributed by atoms with Crippen molar-refractivity contribution in [1.82, 2.24) is 10.2 Å². The number of nitriles is 1. The maximum Gasteiger partial charge on any atom is 0.0638 e. The second-order valence-corrected chi connectivity index (χ2v) is 3.26. The van der Waals surface area contributed by atoms with Crippen LogP contribution in [0.25, 0.3) is 0 Å². The highest BCUT2D eigenvalue weighted by molar-refractivity contribution is 4.88. The second-order valence-electron chi connectivity index (χ2n) is 3.26. The fraction of sp³-hybridized carbons (Fsp3) is 0.875. The quantitative estimate of drug-likeness (QED) is 0.584. The zero-order chi connectivity index (χ0) is 8.27. The molecule has 2 unspecified atom stereocenters. The molecular weight excluding hydrogens is 138 g/mol. The summed E-state index contributed by atoms with van der Waals surface area (Å²) in [5.74, 6) is 0. The summed E-state index contributed by atoms with van der Waals surface area (Å²) in [4.78, 5) is 2.29. The fourth-order valence-corrected chi connectivity index (χ4v) is 1.33. The molecule has 1 aliphatic heterocycles. The van der Waals surface area contributed by atoms with Gasteiger partial charge in [0.25, 0.3) is 0 Å². The molecule has 1 fully saturated rings. The van der Waals surface area contributed by atoms with Gasteiger partial charge in [-0.05, 0) is 14.0 Å². The van der Waals surface area contributed by atoms with Gasteiger partial charge in [-0.2, -0.15) is 5.26 Å². The van der Waals surface area contributed by atoms with Gasteiger partial charge in [-0.25, -0.2) is 0 Å². The first kappa shape index (κ1) is 8.51. The molecule has 2 atom stereocenters. The van der Waals surface area contributed by atoms with Crippen LogP contribution < -0.4 is 5.32 Å². The zero-order valence-electron chi connectivity index (χ0n) is 7.17. The lowest BCUT2D eigenvalue weighted by Gasteiger charge is -2.35. The lowest BCUT2D eigenvalue weighted by atomic mass is 10.1. The summed E-state index contributed by atoms with van der Waals surface area (Å²) in [6.07, 6.45) is 0.622. The predicted octanol–water partition coefficient (Wildman–Crippen LogP) is 0.192. The Bertz CT molecular complexity index is 161. The summed E-state index contributed by atoms with van der Waals surface area (Å²) in [5, 5.41) is 11.8. The number of rotatable bonds is 1. The van der Waals surface area contributed by atoms with Crippen molar-refractivity contribution in [2.45, 2.75) is 25.4 Å². The van der Waals surface area contributed by atoms with Crippen LogP contribution in [0.2, 0.25) is 0 Å². The molecule has 0 saturated carbocycles. The van der Waals surface area contributed by atoms with Crippen molar-refractivity contribution in [2.24, 2.45) is 0 Å². The van der Waals surface area contributed by atoms with Gasteiger partial charge in [0, 0.05) is 25.2 Å². The SMILES string of the molecule is CC1CNC(CC#N)CN1C. The molecule has 11 heavy (non-hydrogen) atoms. The molecule has 0 aromatic heterocycles. The van der Waals surface area contributed by atoms with Gasteiger partial charge in [0.05, 0.1) is 12.5 Å². The molecule has 0 radical (unpaired) electrons. The third-order valence-corrected chi connectivity index (χ3v) is 2.30. The van der Waals surface area contributed by atoms with Crippen molar-refractivity contribution in [3.63, 3.8) is 0 Å². The van der Waals surface area contributed by atoms with Gasteiger partial charge >= 0.3 is 0 Å². The third-order valence-electron chi connectivity index (χ3n) is 2.30. The van der Waals surface area contributed by atoms with E-state index in [-0.39, 0.29) is 0 Å². The van der Waals surface area contributed by atoms with Gasteiger partial charge in [-0.1, -0.05) is 0 Å². The van der Waals surface area contributed by atoms with Crippen LogP contribution in [-0.4, -0.2) is 37.1 Å². The van der Waals surface area contributed by atoms with Crippen LogP contribution in [0.1, 0.15) is 13.3 Å². The van der Waals surface area contributed by atoms with Crippen molar-refractivity contribution < 1.29 is 0 Å². The first-order chi connectivity index (χ1) is 5.24. The van der Waals surface area contributed by atoms with Gasteiger partial charge in [-0.15, -0.1) is 0 Å². The smallest absolute Gasteiger partial charge is 0.0638 e. The Morgan fingerprint density at radius 1 is 1.73 bits per heavy atom. The normalized spacial score (nSPS) is 33.2. The highest BCUT2D eigenvalue weighted by atomic mass is 15.2. The van der Waals surface area contributed by atoms with E-state index in [1.54, 1.807) is 0 Å². The minimum Gasteiger partial charge on any atom is -0.310 e. The molecular formula is C8H15N3. The molecule has 62 valence electrons. The second kappa shape index (κ2) is 3.70. The molecule has 0 bridgehead atoms. The Kier molecular flexibility index (Phi) is 2.86. The highest BCUT2D eigenvalue weighted by Crippen LogP contribution is 2.05. The van der Waals surface area contributed by atoms with E-state index in [0.29, 0.717) is 18.5 Å². The van der Waals surface area contributed by atoms with Gasteiger partial charge in [0.2, 0.25) is 0 Å². The van der Waals surface area contributed by atoms with Crippen LogP contribution in [-0.2, 0) is 0 Å². The van der Waals surface area contributed by atoms with Crippen LogP contribution in [0, 0.1) is 11.3 Å². The van der Waals surface area contributed by atoms with Gasteiger partial charge in [0.15, 0.2) is 0 Å². The predicted molar refractivity (Wildman–Crippen MR) is 44.1 cm³/mol. The van der Waals surface area contributed by atoms with Crippen LogP contribution in [0.3, 0.4) is 0 Å². The highest BCUT2D eigenvalue weighted by Gasteiger charge is 2.20. The van der Waals surface area contributed by atoms with Crippen LogP contribution in [0.15, 0.2) is 0 Å². The number of nitrogens with one attached hydrogen (secondary N) is 1. The summed E-state index contributed by atoms with van der Waals surface area (Å²) in [5.41, 5.74) is 0. The van der Waals surface area contributed by atoms with Crippen LogP contribution in [0.4, 0.5) is 0 Å². The van der Waals surface area contributed by atoms with E-state index >= 15 is 0 Å². The fourth-order valence-electron chi connectivity index (χ4n) is 1.33. The van der Waals surface area contributed by atoms with E-state index in [9.17, 15) is 0 Å². The standard InChI is InChI=1S/C8H15N3/c1-7-5-10-8(3-4-9)6-11(7)2/h7-8,10H,3,5-6H2,1-2H3. The van der Waals surface area contributed by atoms with Gasteiger partial charge < -0.3 is 10.2 Å². The molecule has 0 aromatic carbocycles. The number of hydrogen-bond donors (Lipinski definition) is 1. The third kappa shape index (κ3) is 2.18. The Morgan fingerprint density at radius 2 is 2.45 bits per heavy atom. The molecule has 1 saturated heterocycles. The van der Waals surface area contributed by atoms with E-state index in [2.05, 4.69) is 30.3 Å². The monoisotopic (exact) mass is 153 g/mol. The van der Waals surface area contributed by atoms with Gasteiger partial charge in [0.1, 0.15) is 0 Å². The van der Waals surface area contributed by atoms with Crippen molar-refractivity contribution in [2.75, 3.05) is 20.1 Å². The van der Waals surface area contributed by atoms with E-state index in [0.717, 1.165) is 13.1 Å². The summed E-state index contributed by atoms with van der Waals surface area (Å²) < 4.78 is 0. The Hall–Kier alpha value is -0.590. The molecule has 0 aromatic rings. The van der Waals surface area contributed by atoms with Crippen molar-refractivity contribution in [3.05, 3.63) is 0 Å². The van der Waals surface area contributed by atoms with Crippen molar-refractivity contribution in [1.29, 1.82) is 5.26 Å². The van der Waals surface area contributed by atoms with Crippen LogP contribution in [0.5, 0.6) is 0 Å². The first-order valence-electron chi connectivity index (χ1n) is 4.04. The lowest BCUT2D eigenvalue weighted by molar-refractivity contribution is 0.177. The number of likely N-dealkylation sites (N-methyl/N-ethyl adjacent to an activating group) is 1. The molecule has 0 aliphatic carbocycles. The van der Waals surface area contributed by atoms with Crippen LogP contribution >= 0.6 is 0 Å². The summed E-state index contributed by atoms with van der Waals surface area (Å²) in [7, 11) is 2.11. The molecule has 1 heterocycles. The van der Waals surface area contributed by atoms with E-state index in [4.69, 9.17) is 5.26 Å². The number of piperazine rings is 1.